The zero-order chi connectivity index (χ0) is 17.5. The van der Waals surface area contributed by atoms with Crippen LogP contribution in [-0.2, 0) is 0 Å². The van der Waals surface area contributed by atoms with Gasteiger partial charge in [-0.05, 0) is 59.1 Å². The van der Waals surface area contributed by atoms with E-state index in [9.17, 15) is 4.79 Å². The van der Waals surface area contributed by atoms with Crippen molar-refractivity contribution < 1.29 is 4.79 Å². The van der Waals surface area contributed by atoms with Crippen LogP contribution < -0.4 is 10.6 Å². The largest absolute Gasteiger partial charge is 0.351 e. The molecule has 0 bridgehead atoms. The number of amides is 1. The lowest BCUT2D eigenvalue weighted by Gasteiger charge is -2.11. The highest BCUT2D eigenvalue weighted by atomic mass is 16.1. The third kappa shape index (κ3) is 5.62. The fraction of sp³-hybridized carbons (Fsp3) is 0.389. The summed E-state index contributed by atoms with van der Waals surface area (Å²) in [6, 6.07) is 9.64. The predicted octanol–water partition coefficient (Wildman–Crippen LogP) is 2.52. The van der Waals surface area contributed by atoms with Gasteiger partial charge in [0.2, 0.25) is 5.95 Å². The van der Waals surface area contributed by atoms with Crippen LogP contribution >= 0.6 is 0 Å². The van der Waals surface area contributed by atoms with E-state index < -0.39 is 0 Å². The standard InChI is InChI=1S/C18H25N5O/c1-13-6-8-15(9-7-13)21-18-20-14(2)12-16(22-18)17(24)19-10-5-11-23(3)4/h6-9,12H,5,10-11H2,1-4H3,(H,19,24)(H,20,21,22). The van der Waals surface area contributed by atoms with E-state index in [0.717, 1.165) is 24.3 Å². The highest BCUT2D eigenvalue weighted by Gasteiger charge is 2.10. The van der Waals surface area contributed by atoms with Gasteiger partial charge in [-0.25, -0.2) is 9.97 Å². The van der Waals surface area contributed by atoms with Crippen LogP contribution in [0.5, 0.6) is 0 Å². The van der Waals surface area contributed by atoms with Crippen LogP contribution in [0, 0.1) is 13.8 Å². The number of carbonyl (C=O) groups is 1. The molecule has 0 aliphatic heterocycles. The van der Waals surface area contributed by atoms with E-state index in [4.69, 9.17) is 0 Å². The quantitative estimate of drug-likeness (QED) is 0.765. The number of carbonyl (C=O) groups excluding carboxylic acids is 1. The van der Waals surface area contributed by atoms with Gasteiger partial charge in [-0.15, -0.1) is 0 Å². The van der Waals surface area contributed by atoms with Crippen LogP contribution in [0.25, 0.3) is 0 Å². The lowest BCUT2D eigenvalue weighted by atomic mass is 10.2. The maximum Gasteiger partial charge on any atom is 0.270 e. The summed E-state index contributed by atoms with van der Waals surface area (Å²) in [4.78, 5) is 23.0. The molecule has 0 saturated carbocycles. The number of aromatic nitrogens is 2. The van der Waals surface area contributed by atoms with Crippen molar-refractivity contribution in [1.82, 2.24) is 20.2 Å². The topological polar surface area (TPSA) is 70.2 Å². The number of anilines is 2. The summed E-state index contributed by atoms with van der Waals surface area (Å²) < 4.78 is 0. The Morgan fingerprint density at radius 1 is 1.12 bits per heavy atom. The second-order valence-electron chi connectivity index (χ2n) is 6.12. The minimum Gasteiger partial charge on any atom is -0.351 e. The normalized spacial score (nSPS) is 10.7. The van der Waals surface area contributed by atoms with E-state index in [1.165, 1.54) is 5.56 Å². The average molecular weight is 327 g/mol. The van der Waals surface area contributed by atoms with Crippen molar-refractivity contribution in [3.8, 4) is 0 Å². The molecule has 24 heavy (non-hydrogen) atoms. The highest BCUT2D eigenvalue weighted by Crippen LogP contribution is 2.14. The molecule has 0 spiro atoms. The third-order valence-corrected chi connectivity index (χ3v) is 3.46. The van der Waals surface area contributed by atoms with Crippen molar-refractivity contribution in [1.29, 1.82) is 0 Å². The maximum atomic E-state index is 12.2. The second kappa shape index (κ2) is 8.40. The van der Waals surface area contributed by atoms with Crippen LogP contribution in [0.2, 0.25) is 0 Å². The summed E-state index contributed by atoms with van der Waals surface area (Å²) in [6.07, 6.45) is 0.900. The monoisotopic (exact) mass is 327 g/mol. The van der Waals surface area contributed by atoms with Gasteiger partial charge in [0.25, 0.3) is 5.91 Å². The van der Waals surface area contributed by atoms with Gasteiger partial charge in [0.15, 0.2) is 0 Å². The lowest BCUT2D eigenvalue weighted by molar-refractivity contribution is 0.0947. The Morgan fingerprint density at radius 2 is 1.83 bits per heavy atom. The van der Waals surface area contributed by atoms with Gasteiger partial charge in [0.05, 0.1) is 0 Å². The van der Waals surface area contributed by atoms with Crippen LogP contribution in [0.15, 0.2) is 30.3 Å². The second-order valence-corrected chi connectivity index (χ2v) is 6.12. The zero-order valence-electron chi connectivity index (χ0n) is 14.8. The molecule has 1 amide bonds. The minimum atomic E-state index is -0.175. The highest BCUT2D eigenvalue weighted by molar-refractivity contribution is 5.92. The van der Waals surface area contributed by atoms with E-state index in [0.29, 0.717) is 18.2 Å². The zero-order valence-corrected chi connectivity index (χ0v) is 14.8. The molecule has 0 radical (unpaired) electrons. The Kier molecular flexibility index (Phi) is 6.26. The van der Waals surface area contributed by atoms with Gasteiger partial charge in [0.1, 0.15) is 5.69 Å². The number of hydrogen-bond donors (Lipinski definition) is 2. The van der Waals surface area contributed by atoms with Crippen molar-refractivity contribution >= 4 is 17.5 Å². The first-order valence-corrected chi connectivity index (χ1v) is 8.06. The Hall–Kier alpha value is -2.47. The first-order chi connectivity index (χ1) is 11.4. The fourth-order valence-electron chi connectivity index (χ4n) is 2.19. The molecule has 0 aliphatic carbocycles. The Bertz CT molecular complexity index is 682. The van der Waals surface area contributed by atoms with E-state index in [1.807, 2.05) is 52.2 Å². The van der Waals surface area contributed by atoms with Crippen LogP contribution in [0.1, 0.15) is 28.2 Å². The number of rotatable bonds is 7. The van der Waals surface area contributed by atoms with Gasteiger partial charge >= 0.3 is 0 Å². The average Bonchev–Trinajstić information content (AvgIpc) is 2.53. The van der Waals surface area contributed by atoms with E-state index in [2.05, 4.69) is 25.5 Å². The summed E-state index contributed by atoms with van der Waals surface area (Å²) in [6.45, 7) is 5.45. The predicted molar refractivity (Wildman–Crippen MR) is 96.7 cm³/mol. The number of hydrogen-bond acceptors (Lipinski definition) is 5. The Morgan fingerprint density at radius 3 is 2.50 bits per heavy atom. The lowest BCUT2D eigenvalue weighted by Crippen LogP contribution is -2.28. The number of benzene rings is 1. The molecule has 0 fully saturated rings. The molecule has 2 aromatic rings. The first-order valence-electron chi connectivity index (χ1n) is 8.06. The molecule has 0 aliphatic rings. The molecule has 6 nitrogen and oxygen atoms in total. The summed E-state index contributed by atoms with van der Waals surface area (Å²) in [5.74, 6) is 0.253. The number of nitrogens with one attached hydrogen (secondary N) is 2. The third-order valence-electron chi connectivity index (χ3n) is 3.46. The molecule has 0 atom stereocenters. The smallest absolute Gasteiger partial charge is 0.270 e. The molecule has 2 N–H and O–H groups in total. The van der Waals surface area contributed by atoms with Gasteiger partial charge < -0.3 is 15.5 Å². The fourth-order valence-corrected chi connectivity index (χ4v) is 2.19. The molecule has 0 saturated heterocycles. The molecule has 128 valence electrons. The number of nitrogens with zero attached hydrogens (tertiary/aromatic N) is 3. The van der Waals surface area contributed by atoms with Crippen molar-refractivity contribution in [3.63, 3.8) is 0 Å². The summed E-state index contributed by atoms with van der Waals surface area (Å²) in [5, 5.41) is 6.04. The van der Waals surface area contributed by atoms with Crippen molar-refractivity contribution in [2.45, 2.75) is 20.3 Å². The van der Waals surface area contributed by atoms with E-state index in [1.54, 1.807) is 6.07 Å². The van der Waals surface area contributed by atoms with Gasteiger partial charge in [0, 0.05) is 17.9 Å². The van der Waals surface area contributed by atoms with Crippen molar-refractivity contribution in [3.05, 3.63) is 47.3 Å². The number of aryl methyl sites for hydroxylation is 2. The molecular weight excluding hydrogens is 302 g/mol. The molecule has 1 aromatic heterocycles. The minimum absolute atomic E-state index is 0.175. The summed E-state index contributed by atoms with van der Waals surface area (Å²) in [7, 11) is 4.03. The van der Waals surface area contributed by atoms with E-state index >= 15 is 0 Å². The summed E-state index contributed by atoms with van der Waals surface area (Å²) in [5.41, 5.74) is 3.20. The van der Waals surface area contributed by atoms with Crippen LogP contribution in [-0.4, -0.2) is 48.0 Å². The molecule has 6 heteroatoms. The van der Waals surface area contributed by atoms with Gasteiger partial charge in [-0.2, -0.15) is 0 Å². The van der Waals surface area contributed by atoms with Gasteiger partial charge in [-0.1, -0.05) is 17.7 Å². The SMILES string of the molecule is Cc1ccc(Nc2nc(C)cc(C(=O)NCCCN(C)C)n2)cc1. The van der Waals surface area contributed by atoms with Crippen LogP contribution in [0.4, 0.5) is 11.6 Å². The molecular formula is C18H25N5O. The van der Waals surface area contributed by atoms with Crippen molar-refractivity contribution in [2.24, 2.45) is 0 Å². The van der Waals surface area contributed by atoms with Crippen molar-refractivity contribution in [2.75, 3.05) is 32.5 Å². The molecule has 1 heterocycles. The Balaban J connectivity index is 2.02. The summed E-state index contributed by atoms with van der Waals surface area (Å²) >= 11 is 0. The molecule has 2 rings (SSSR count). The Labute approximate surface area is 143 Å². The van der Waals surface area contributed by atoms with Crippen LogP contribution in [0.3, 0.4) is 0 Å². The van der Waals surface area contributed by atoms with Gasteiger partial charge in [-0.3, -0.25) is 4.79 Å². The maximum absolute atomic E-state index is 12.2. The molecule has 0 unspecified atom stereocenters. The first kappa shape index (κ1) is 17.9. The molecule has 1 aromatic carbocycles. The van der Waals surface area contributed by atoms with E-state index in [-0.39, 0.29) is 5.91 Å².